The molecule has 0 radical (unpaired) electrons. The number of hydrogen-bond donors (Lipinski definition) is 1. The predicted octanol–water partition coefficient (Wildman–Crippen LogP) is 7.14. The number of ether oxygens (including phenoxy) is 3. The molecule has 0 aromatic heterocycles. The van der Waals surface area contributed by atoms with Gasteiger partial charge in [0.1, 0.15) is 0 Å². The lowest BCUT2D eigenvalue weighted by molar-refractivity contribution is 0.0140. The van der Waals surface area contributed by atoms with Crippen LogP contribution in [0.5, 0.6) is 0 Å². The molecule has 1 atom stereocenters. The number of unbranched alkanes of at least 4 members (excludes halogenated alkanes) is 10. The fourth-order valence-corrected chi connectivity index (χ4v) is 7.48. The van der Waals surface area contributed by atoms with Gasteiger partial charge in [-0.2, -0.15) is 0 Å². The molecule has 2 N–H and O–H groups in total. The molecule has 0 heterocycles. The Morgan fingerprint density at radius 1 is 0.579 bits per heavy atom. The van der Waals surface area contributed by atoms with Gasteiger partial charge in [0.05, 0.1) is 39.6 Å². The Bertz CT molecular complexity index is 465. The van der Waals surface area contributed by atoms with Crippen molar-refractivity contribution in [2.45, 2.75) is 129 Å². The molecule has 0 aromatic rings. The van der Waals surface area contributed by atoms with E-state index in [1.165, 1.54) is 77.0 Å². The summed E-state index contributed by atoms with van der Waals surface area (Å²) in [4.78, 5) is 0. The minimum atomic E-state index is -2.87. The van der Waals surface area contributed by atoms with Crippen molar-refractivity contribution in [3.8, 4) is 0 Å². The predicted molar refractivity (Wildman–Crippen MR) is 161 cm³/mol. The number of nitrogens with two attached hydrogens (primary N) is 1. The molecule has 0 saturated heterocycles. The lowest BCUT2D eigenvalue weighted by Crippen LogP contribution is -2.48. The van der Waals surface area contributed by atoms with E-state index in [4.69, 9.17) is 33.2 Å². The van der Waals surface area contributed by atoms with E-state index >= 15 is 0 Å². The van der Waals surface area contributed by atoms with Gasteiger partial charge in [0.25, 0.3) is 0 Å². The zero-order valence-corrected chi connectivity index (χ0v) is 27.2. The van der Waals surface area contributed by atoms with E-state index < -0.39 is 8.80 Å². The Balaban J connectivity index is 4.69. The van der Waals surface area contributed by atoms with Gasteiger partial charge in [-0.3, -0.25) is 0 Å². The molecule has 0 spiro atoms. The van der Waals surface area contributed by atoms with Gasteiger partial charge in [-0.15, -0.1) is 0 Å². The molecule has 0 rings (SSSR count). The van der Waals surface area contributed by atoms with Crippen LogP contribution in [-0.4, -0.2) is 75.3 Å². The van der Waals surface area contributed by atoms with E-state index in [9.17, 15) is 0 Å². The van der Waals surface area contributed by atoms with Gasteiger partial charge in [-0.1, -0.05) is 90.4 Å². The molecule has 0 aliphatic rings. The van der Waals surface area contributed by atoms with Crippen LogP contribution in [0.3, 0.4) is 0 Å². The van der Waals surface area contributed by atoms with E-state index in [1.807, 2.05) is 0 Å². The second-order valence-corrected chi connectivity index (χ2v) is 14.2. The third kappa shape index (κ3) is 23.8. The maximum Gasteiger partial charge on any atom is 0.501 e. The van der Waals surface area contributed by atoms with Crippen molar-refractivity contribution in [1.29, 1.82) is 0 Å². The van der Waals surface area contributed by atoms with Gasteiger partial charge in [0.15, 0.2) is 0 Å². The molecule has 0 aliphatic carbocycles. The highest BCUT2D eigenvalue weighted by Crippen LogP contribution is 2.28. The second kappa shape index (κ2) is 25.9. The van der Waals surface area contributed by atoms with Crippen molar-refractivity contribution in [2.75, 3.05) is 61.0 Å². The monoisotopic (exact) mass is 563 g/mol. The first-order valence-electron chi connectivity index (χ1n) is 15.5. The topological polar surface area (TPSA) is 81.4 Å². The summed E-state index contributed by atoms with van der Waals surface area (Å²) in [5.41, 5.74) is 6.30. The van der Waals surface area contributed by atoms with Gasteiger partial charge in [0, 0.05) is 32.9 Å². The van der Waals surface area contributed by atoms with E-state index in [1.54, 1.807) is 21.3 Å². The minimum absolute atomic E-state index is 0.157. The van der Waals surface area contributed by atoms with Crippen molar-refractivity contribution in [3.63, 3.8) is 0 Å². The average molecular weight is 564 g/mol. The Kier molecular flexibility index (Phi) is 25.8. The third-order valence-corrected chi connectivity index (χ3v) is 9.85. The van der Waals surface area contributed by atoms with Gasteiger partial charge < -0.3 is 33.2 Å². The summed E-state index contributed by atoms with van der Waals surface area (Å²) in [6.07, 6.45) is 19.5. The SMILES string of the molecule is CCCCCCCCCCCCCC(CCC[Si](OCCOC)(OCCOC)OCCOC)CC(C)(C)N. The van der Waals surface area contributed by atoms with E-state index in [0.717, 1.165) is 25.3 Å². The number of hydrogen-bond acceptors (Lipinski definition) is 7. The first-order valence-corrected chi connectivity index (χ1v) is 17.4. The maximum absolute atomic E-state index is 6.46. The van der Waals surface area contributed by atoms with Crippen LogP contribution in [0.1, 0.15) is 117 Å². The quantitative estimate of drug-likeness (QED) is 0.0735. The minimum Gasteiger partial charge on any atom is -0.382 e. The highest BCUT2D eigenvalue weighted by atomic mass is 28.4. The molecule has 7 nitrogen and oxygen atoms in total. The molecule has 8 heteroatoms. The van der Waals surface area contributed by atoms with Crippen LogP contribution in [0.4, 0.5) is 0 Å². The molecular weight excluding hydrogens is 498 g/mol. The number of methoxy groups -OCH3 is 3. The van der Waals surface area contributed by atoms with Crippen molar-refractivity contribution >= 4 is 8.80 Å². The summed E-state index contributed by atoms with van der Waals surface area (Å²) < 4.78 is 34.4. The van der Waals surface area contributed by atoms with Crippen LogP contribution in [0.2, 0.25) is 6.04 Å². The third-order valence-electron chi connectivity index (χ3n) is 6.95. The first-order chi connectivity index (χ1) is 18.3. The summed E-state index contributed by atoms with van der Waals surface area (Å²) in [7, 11) is 2.16. The fraction of sp³-hybridized carbons (Fsp3) is 1.00. The lowest BCUT2D eigenvalue weighted by Gasteiger charge is -2.31. The van der Waals surface area contributed by atoms with Crippen LogP contribution in [0.15, 0.2) is 0 Å². The Morgan fingerprint density at radius 2 is 0.974 bits per heavy atom. The Morgan fingerprint density at radius 3 is 1.37 bits per heavy atom. The highest BCUT2D eigenvalue weighted by molar-refractivity contribution is 6.60. The molecular formula is C30H65NO6Si. The molecule has 0 aliphatic heterocycles. The van der Waals surface area contributed by atoms with Gasteiger partial charge in [-0.25, -0.2) is 0 Å². The standard InChI is InChI=1S/C30H65NO6Si/c1-7-8-9-10-11-12-13-14-15-16-17-19-29(28-30(2,3)31)20-18-27-38(35-24-21-32-4,36-25-22-33-5)37-26-23-34-6/h29H,7-28,31H2,1-6H3. The van der Waals surface area contributed by atoms with Crippen LogP contribution in [0.25, 0.3) is 0 Å². The summed E-state index contributed by atoms with van der Waals surface area (Å²) in [6.45, 7) is 9.49. The van der Waals surface area contributed by atoms with Crippen molar-refractivity contribution in [3.05, 3.63) is 0 Å². The lowest BCUT2D eigenvalue weighted by atomic mass is 9.85. The molecule has 38 heavy (non-hydrogen) atoms. The first kappa shape index (κ1) is 37.9. The van der Waals surface area contributed by atoms with Crippen molar-refractivity contribution in [2.24, 2.45) is 11.7 Å². The van der Waals surface area contributed by atoms with E-state index in [-0.39, 0.29) is 5.54 Å². The van der Waals surface area contributed by atoms with Gasteiger partial charge >= 0.3 is 8.80 Å². The Labute approximate surface area is 237 Å². The maximum atomic E-state index is 6.46. The molecule has 0 fully saturated rings. The van der Waals surface area contributed by atoms with Crippen LogP contribution < -0.4 is 5.73 Å². The molecule has 0 amide bonds. The van der Waals surface area contributed by atoms with Gasteiger partial charge in [-0.05, 0) is 32.6 Å². The molecule has 230 valence electrons. The number of rotatable bonds is 30. The zero-order chi connectivity index (χ0) is 28.4. The Hall–Kier alpha value is -0.0631. The zero-order valence-electron chi connectivity index (χ0n) is 26.2. The largest absolute Gasteiger partial charge is 0.501 e. The van der Waals surface area contributed by atoms with Crippen molar-refractivity contribution < 1.29 is 27.5 Å². The second-order valence-electron chi connectivity index (χ2n) is 11.5. The normalized spacial score (nSPS) is 13.3. The fourth-order valence-electron chi connectivity index (χ4n) is 4.98. The summed E-state index contributed by atoms with van der Waals surface area (Å²) in [6, 6.07) is 0.782. The molecule has 1 unspecified atom stereocenters. The van der Waals surface area contributed by atoms with E-state index in [0.29, 0.717) is 45.6 Å². The molecule has 0 bridgehead atoms. The highest BCUT2D eigenvalue weighted by Gasteiger charge is 2.41. The smallest absolute Gasteiger partial charge is 0.382 e. The van der Waals surface area contributed by atoms with Crippen LogP contribution in [-0.2, 0) is 27.5 Å². The molecule has 0 aromatic carbocycles. The molecule has 0 saturated carbocycles. The van der Waals surface area contributed by atoms with Gasteiger partial charge in [0.2, 0.25) is 0 Å². The summed E-state index contributed by atoms with van der Waals surface area (Å²) >= 11 is 0. The van der Waals surface area contributed by atoms with E-state index in [2.05, 4.69) is 20.8 Å². The van der Waals surface area contributed by atoms with Crippen LogP contribution >= 0.6 is 0 Å². The summed E-state index contributed by atoms with van der Waals surface area (Å²) in [5.74, 6) is 0.609. The van der Waals surface area contributed by atoms with Crippen molar-refractivity contribution in [1.82, 2.24) is 0 Å². The summed E-state index contributed by atoms with van der Waals surface area (Å²) in [5, 5.41) is 0. The average Bonchev–Trinajstić information content (AvgIpc) is 2.86. The van der Waals surface area contributed by atoms with Crippen LogP contribution in [0, 0.1) is 5.92 Å².